The van der Waals surface area contributed by atoms with Gasteiger partial charge in [-0.05, 0) is 31.2 Å². The number of rotatable bonds is 5. The molecule has 0 unspecified atom stereocenters. The summed E-state index contributed by atoms with van der Waals surface area (Å²) in [4.78, 5) is 30.4. The Bertz CT molecular complexity index is 1430. The first-order valence-corrected chi connectivity index (χ1v) is 9.89. The van der Waals surface area contributed by atoms with Crippen LogP contribution in [0, 0.1) is 11.3 Å². The van der Waals surface area contributed by atoms with Crippen LogP contribution in [-0.2, 0) is 4.74 Å². The highest BCUT2D eigenvalue weighted by molar-refractivity contribution is 6.30. The highest BCUT2D eigenvalue weighted by Gasteiger charge is 2.26. The Hall–Kier alpha value is -4.16. The Morgan fingerprint density at radius 2 is 1.97 bits per heavy atom. The zero-order chi connectivity index (χ0) is 22.8. The number of nitriles is 1. The average molecular weight is 450 g/mol. The van der Waals surface area contributed by atoms with Gasteiger partial charge in [0.05, 0.1) is 25.1 Å². The normalized spacial score (nSPS) is 10.7. The number of halogens is 1. The molecule has 0 saturated heterocycles. The van der Waals surface area contributed by atoms with Crippen LogP contribution in [0.1, 0.15) is 23.1 Å². The van der Waals surface area contributed by atoms with E-state index in [9.17, 15) is 14.9 Å². The van der Waals surface area contributed by atoms with E-state index in [-0.39, 0.29) is 29.5 Å². The standard InChI is InChI=1S/C22H16ClN5O4/c1-3-32-21(30)19-26-28(15-5-4-6-16(11-15)31-2)22-25-18(13-7-9-14(23)10-8-13)17(12-24)20(29)27(19)22/h4-11H,3H2,1-2H3. The van der Waals surface area contributed by atoms with Gasteiger partial charge in [-0.2, -0.15) is 9.94 Å². The Kier molecular flexibility index (Phi) is 5.62. The molecule has 4 rings (SSSR count). The summed E-state index contributed by atoms with van der Waals surface area (Å²) < 4.78 is 12.6. The second-order valence-electron chi connectivity index (χ2n) is 6.55. The third kappa shape index (κ3) is 3.57. The molecule has 0 spiro atoms. The third-order valence-electron chi connectivity index (χ3n) is 4.65. The van der Waals surface area contributed by atoms with Gasteiger partial charge in [0, 0.05) is 16.7 Å². The number of nitrogens with zero attached hydrogens (tertiary/aromatic N) is 5. The SMILES string of the molecule is CCOC(=O)c1nn(-c2cccc(OC)c2)c2nc(-c3ccc(Cl)cc3)c(C#N)c(=O)n12. The van der Waals surface area contributed by atoms with Gasteiger partial charge in [-0.25, -0.2) is 14.2 Å². The molecular formula is C22H16ClN5O4. The van der Waals surface area contributed by atoms with Gasteiger partial charge >= 0.3 is 5.97 Å². The molecule has 0 saturated carbocycles. The van der Waals surface area contributed by atoms with E-state index in [0.717, 1.165) is 4.40 Å². The van der Waals surface area contributed by atoms with Crippen molar-refractivity contribution in [1.82, 2.24) is 19.2 Å². The second-order valence-corrected chi connectivity index (χ2v) is 6.99. The Balaban J connectivity index is 2.10. The van der Waals surface area contributed by atoms with Crippen molar-refractivity contribution in [2.24, 2.45) is 0 Å². The smallest absolute Gasteiger partial charge is 0.376 e. The number of ether oxygens (including phenoxy) is 2. The molecule has 0 aliphatic heterocycles. The number of fused-ring (bicyclic) bond motifs is 1. The van der Waals surface area contributed by atoms with Crippen LogP contribution in [0.2, 0.25) is 5.02 Å². The van der Waals surface area contributed by atoms with Gasteiger partial charge in [-0.1, -0.05) is 29.8 Å². The molecule has 0 amide bonds. The molecule has 0 N–H and O–H groups in total. The van der Waals surface area contributed by atoms with Crippen LogP contribution in [0.5, 0.6) is 5.75 Å². The lowest BCUT2D eigenvalue weighted by Gasteiger charge is -2.07. The van der Waals surface area contributed by atoms with Crippen molar-refractivity contribution in [2.75, 3.05) is 13.7 Å². The van der Waals surface area contributed by atoms with Crippen molar-refractivity contribution >= 4 is 23.3 Å². The van der Waals surface area contributed by atoms with Crippen LogP contribution < -0.4 is 10.3 Å². The molecule has 32 heavy (non-hydrogen) atoms. The fourth-order valence-electron chi connectivity index (χ4n) is 3.19. The van der Waals surface area contributed by atoms with E-state index in [1.54, 1.807) is 55.5 Å². The van der Waals surface area contributed by atoms with Crippen molar-refractivity contribution in [3.05, 3.63) is 75.3 Å². The first-order valence-electron chi connectivity index (χ1n) is 9.51. The maximum atomic E-state index is 13.3. The molecule has 2 aromatic carbocycles. The van der Waals surface area contributed by atoms with Crippen LogP contribution in [0.3, 0.4) is 0 Å². The van der Waals surface area contributed by atoms with Crippen LogP contribution in [0.25, 0.3) is 22.7 Å². The number of hydrogen-bond donors (Lipinski definition) is 0. The minimum absolute atomic E-state index is 0.0373. The number of esters is 1. The quantitative estimate of drug-likeness (QED) is 0.430. The van der Waals surface area contributed by atoms with E-state index in [2.05, 4.69) is 10.1 Å². The van der Waals surface area contributed by atoms with Gasteiger partial charge in [0.15, 0.2) is 0 Å². The zero-order valence-corrected chi connectivity index (χ0v) is 17.8. The molecule has 10 heteroatoms. The first kappa shape index (κ1) is 21.1. The fourth-order valence-corrected chi connectivity index (χ4v) is 3.31. The second kappa shape index (κ2) is 8.53. The van der Waals surface area contributed by atoms with Gasteiger partial charge < -0.3 is 9.47 Å². The van der Waals surface area contributed by atoms with E-state index >= 15 is 0 Å². The molecular weight excluding hydrogens is 434 g/mol. The highest BCUT2D eigenvalue weighted by Crippen LogP contribution is 2.24. The van der Waals surface area contributed by atoms with E-state index < -0.39 is 11.5 Å². The van der Waals surface area contributed by atoms with Crippen molar-refractivity contribution in [3.63, 3.8) is 0 Å². The molecule has 0 radical (unpaired) electrons. The summed E-state index contributed by atoms with van der Waals surface area (Å²) in [7, 11) is 1.52. The highest BCUT2D eigenvalue weighted by atomic mass is 35.5. The van der Waals surface area contributed by atoms with Crippen molar-refractivity contribution < 1.29 is 14.3 Å². The topological polar surface area (TPSA) is 112 Å². The number of hydrogen-bond acceptors (Lipinski definition) is 7. The number of methoxy groups -OCH3 is 1. The number of carbonyl (C=O) groups excluding carboxylic acids is 1. The fraction of sp³-hybridized carbons (Fsp3) is 0.136. The lowest BCUT2D eigenvalue weighted by Crippen LogP contribution is -2.23. The number of benzene rings is 2. The lowest BCUT2D eigenvalue weighted by molar-refractivity contribution is 0.0509. The Labute approximate surface area is 187 Å². The summed E-state index contributed by atoms with van der Waals surface area (Å²) in [6.07, 6.45) is 0. The van der Waals surface area contributed by atoms with Gasteiger partial charge in [-0.3, -0.25) is 4.79 Å². The minimum Gasteiger partial charge on any atom is -0.497 e. The number of carbonyl (C=O) groups is 1. The molecule has 9 nitrogen and oxygen atoms in total. The van der Waals surface area contributed by atoms with Gasteiger partial charge in [0.1, 0.15) is 17.4 Å². The summed E-state index contributed by atoms with van der Waals surface area (Å²) in [5.74, 6) is -0.523. The van der Waals surface area contributed by atoms with Crippen LogP contribution in [0.15, 0.2) is 53.3 Å². The molecule has 2 heterocycles. The molecule has 4 aromatic rings. The molecule has 0 bridgehead atoms. The van der Waals surface area contributed by atoms with Crippen molar-refractivity contribution in [2.45, 2.75) is 6.92 Å². The van der Waals surface area contributed by atoms with E-state index in [0.29, 0.717) is 22.0 Å². The first-order chi connectivity index (χ1) is 15.5. The largest absolute Gasteiger partial charge is 0.497 e. The predicted octanol–water partition coefficient (Wildman–Crippen LogP) is 3.26. The van der Waals surface area contributed by atoms with Crippen LogP contribution in [0.4, 0.5) is 0 Å². The summed E-state index contributed by atoms with van der Waals surface area (Å²) in [5, 5.41) is 14.5. The number of aromatic nitrogens is 4. The van der Waals surface area contributed by atoms with Crippen LogP contribution >= 0.6 is 11.6 Å². The zero-order valence-electron chi connectivity index (χ0n) is 17.1. The van der Waals surface area contributed by atoms with Gasteiger partial charge in [-0.15, -0.1) is 5.10 Å². The minimum atomic E-state index is -0.814. The average Bonchev–Trinajstić information content (AvgIpc) is 3.20. The molecule has 160 valence electrons. The lowest BCUT2D eigenvalue weighted by atomic mass is 10.1. The van der Waals surface area contributed by atoms with Gasteiger partial charge in [0.25, 0.3) is 5.56 Å². The summed E-state index contributed by atoms with van der Waals surface area (Å²) in [6.45, 7) is 1.72. The molecule has 0 aliphatic carbocycles. The Morgan fingerprint density at radius 3 is 2.62 bits per heavy atom. The Morgan fingerprint density at radius 1 is 1.22 bits per heavy atom. The van der Waals surface area contributed by atoms with E-state index in [1.807, 2.05) is 6.07 Å². The molecule has 0 fully saturated rings. The third-order valence-corrected chi connectivity index (χ3v) is 4.90. The predicted molar refractivity (Wildman–Crippen MR) is 116 cm³/mol. The van der Waals surface area contributed by atoms with Crippen molar-refractivity contribution in [1.29, 1.82) is 5.26 Å². The van der Waals surface area contributed by atoms with Crippen molar-refractivity contribution in [3.8, 4) is 28.8 Å². The summed E-state index contributed by atoms with van der Waals surface area (Å²) in [5.41, 5.74) is 0.187. The summed E-state index contributed by atoms with van der Waals surface area (Å²) in [6, 6.07) is 15.3. The summed E-state index contributed by atoms with van der Waals surface area (Å²) >= 11 is 5.97. The van der Waals surface area contributed by atoms with Gasteiger partial charge in [0.2, 0.25) is 11.6 Å². The maximum absolute atomic E-state index is 13.3. The van der Waals surface area contributed by atoms with Crippen LogP contribution in [-0.4, -0.2) is 38.9 Å². The molecule has 0 atom stereocenters. The molecule has 2 aromatic heterocycles. The monoisotopic (exact) mass is 449 g/mol. The molecule has 0 aliphatic rings. The van der Waals surface area contributed by atoms with E-state index in [1.165, 1.54) is 11.8 Å². The van der Waals surface area contributed by atoms with E-state index in [4.69, 9.17) is 21.1 Å². The maximum Gasteiger partial charge on any atom is 0.376 e.